The fraction of sp³-hybridized carbons (Fsp3) is 0.385. The van der Waals surface area contributed by atoms with E-state index in [2.05, 4.69) is 5.32 Å². The molecule has 0 aliphatic heterocycles. The summed E-state index contributed by atoms with van der Waals surface area (Å²) < 4.78 is 0. The monoisotopic (exact) mass is 269 g/mol. The molecular weight excluding hydrogens is 254 g/mol. The summed E-state index contributed by atoms with van der Waals surface area (Å²) in [6, 6.07) is 4.83. The highest BCUT2D eigenvalue weighted by Crippen LogP contribution is 2.19. The number of carboxylic acid groups (broad SMARTS) is 1. The summed E-state index contributed by atoms with van der Waals surface area (Å²) in [6.45, 7) is 1.68. The molecule has 2 N–H and O–H groups in total. The Hall–Kier alpha value is -1.55. The highest BCUT2D eigenvalue weighted by Gasteiger charge is 2.11. The van der Waals surface area contributed by atoms with E-state index in [1.807, 2.05) is 0 Å². The number of carbonyl (C=O) groups is 2. The van der Waals surface area contributed by atoms with Crippen LogP contribution in [0.1, 0.15) is 35.2 Å². The van der Waals surface area contributed by atoms with Gasteiger partial charge in [0.1, 0.15) is 0 Å². The van der Waals surface area contributed by atoms with Crippen LogP contribution in [0.2, 0.25) is 0 Å². The zero-order valence-electron chi connectivity index (χ0n) is 10.2. The van der Waals surface area contributed by atoms with Crippen molar-refractivity contribution in [3.8, 4) is 0 Å². The number of carbonyl (C=O) groups excluding carboxylic acids is 1. The lowest BCUT2D eigenvalue weighted by molar-refractivity contribution is -0.116. The predicted octanol–water partition coefficient (Wildman–Crippen LogP) is 3.04. The van der Waals surface area contributed by atoms with Crippen LogP contribution < -0.4 is 5.32 Å². The lowest BCUT2D eigenvalue weighted by Crippen LogP contribution is -2.13. The molecule has 0 atom stereocenters. The molecule has 0 unspecified atom stereocenters. The van der Waals surface area contributed by atoms with Crippen LogP contribution in [0.15, 0.2) is 18.2 Å². The Morgan fingerprint density at radius 2 is 2.06 bits per heavy atom. The van der Waals surface area contributed by atoms with Gasteiger partial charge in [-0.1, -0.05) is 6.07 Å². The zero-order chi connectivity index (χ0) is 13.5. The highest BCUT2D eigenvalue weighted by atomic mass is 35.5. The Morgan fingerprint density at radius 3 is 2.67 bits per heavy atom. The Kier molecular flexibility index (Phi) is 5.65. The molecule has 0 radical (unpaired) electrons. The number of rotatable bonds is 6. The first-order chi connectivity index (χ1) is 8.56. The smallest absolute Gasteiger partial charge is 0.336 e. The van der Waals surface area contributed by atoms with E-state index in [1.54, 1.807) is 19.1 Å². The molecule has 0 heterocycles. The van der Waals surface area contributed by atoms with E-state index in [0.717, 1.165) is 12.8 Å². The van der Waals surface area contributed by atoms with Gasteiger partial charge in [-0.3, -0.25) is 4.79 Å². The van der Waals surface area contributed by atoms with E-state index in [4.69, 9.17) is 16.7 Å². The van der Waals surface area contributed by atoms with Crippen molar-refractivity contribution in [2.45, 2.75) is 26.2 Å². The van der Waals surface area contributed by atoms with Crippen molar-refractivity contribution in [2.24, 2.45) is 0 Å². The number of nitrogens with one attached hydrogen (secondary N) is 1. The van der Waals surface area contributed by atoms with Gasteiger partial charge in [0.15, 0.2) is 0 Å². The molecule has 0 spiro atoms. The molecule has 0 saturated heterocycles. The number of halogens is 1. The second-order valence-electron chi connectivity index (χ2n) is 3.98. The van der Waals surface area contributed by atoms with Gasteiger partial charge in [-0.2, -0.15) is 0 Å². The molecule has 1 aromatic carbocycles. The van der Waals surface area contributed by atoms with Crippen molar-refractivity contribution in [3.63, 3.8) is 0 Å². The van der Waals surface area contributed by atoms with Crippen molar-refractivity contribution in [1.29, 1.82) is 0 Å². The first-order valence-corrected chi connectivity index (χ1v) is 6.28. The molecule has 0 saturated carbocycles. The van der Waals surface area contributed by atoms with Gasteiger partial charge in [0.05, 0.1) is 5.56 Å². The van der Waals surface area contributed by atoms with E-state index in [9.17, 15) is 9.59 Å². The molecule has 18 heavy (non-hydrogen) atoms. The lowest BCUT2D eigenvalue weighted by Gasteiger charge is -2.10. The van der Waals surface area contributed by atoms with Gasteiger partial charge < -0.3 is 10.4 Å². The summed E-state index contributed by atoms with van der Waals surface area (Å²) in [4.78, 5) is 22.6. The Balaban J connectivity index is 2.70. The van der Waals surface area contributed by atoms with E-state index in [0.29, 0.717) is 23.6 Å². The molecule has 1 rings (SSSR count). The van der Waals surface area contributed by atoms with Gasteiger partial charge in [0.2, 0.25) is 5.91 Å². The lowest BCUT2D eigenvalue weighted by atomic mass is 10.1. The van der Waals surface area contributed by atoms with Crippen LogP contribution in [-0.2, 0) is 4.79 Å². The average Bonchev–Trinajstić information content (AvgIpc) is 2.32. The molecule has 0 aliphatic rings. The van der Waals surface area contributed by atoms with Gasteiger partial charge in [-0.15, -0.1) is 11.6 Å². The minimum Gasteiger partial charge on any atom is -0.478 e. The Bertz CT molecular complexity index is 446. The van der Waals surface area contributed by atoms with Gasteiger partial charge in [0.25, 0.3) is 0 Å². The molecule has 0 bridgehead atoms. The third-order valence-corrected chi connectivity index (χ3v) is 2.89. The molecule has 5 heteroatoms. The van der Waals surface area contributed by atoms with Crippen LogP contribution in [0, 0.1) is 6.92 Å². The first kappa shape index (κ1) is 14.5. The van der Waals surface area contributed by atoms with Gasteiger partial charge in [-0.05, 0) is 37.5 Å². The Labute approximate surface area is 111 Å². The van der Waals surface area contributed by atoms with Crippen molar-refractivity contribution in [1.82, 2.24) is 0 Å². The average molecular weight is 270 g/mol. The van der Waals surface area contributed by atoms with Crippen molar-refractivity contribution < 1.29 is 14.7 Å². The molecule has 0 aromatic heterocycles. The number of anilines is 1. The summed E-state index contributed by atoms with van der Waals surface area (Å²) in [7, 11) is 0. The predicted molar refractivity (Wildman–Crippen MR) is 71.3 cm³/mol. The number of unbranched alkanes of at least 4 members (excludes halogenated alkanes) is 1. The Morgan fingerprint density at radius 1 is 1.33 bits per heavy atom. The summed E-state index contributed by atoms with van der Waals surface area (Å²) in [6.07, 6.45) is 1.92. The maximum atomic E-state index is 11.6. The largest absolute Gasteiger partial charge is 0.478 e. The molecule has 0 aliphatic carbocycles. The van der Waals surface area contributed by atoms with Crippen LogP contribution in [0.4, 0.5) is 5.69 Å². The quantitative estimate of drug-likeness (QED) is 0.616. The summed E-state index contributed by atoms with van der Waals surface area (Å²) in [5.41, 5.74) is 1.31. The number of aromatic carboxylic acids is 1. The van der Waals surface area contributed by atoms with Crippen LogP contribution in [0.3, 0.4) is 0 Å². The summed E-state index contributed by atoms with van der Waals surface area (Å²) >= 11 is 5.53. The third kappa shape index (κ3) is 4.04. The molecule has 98 valence electrons. The molecule has 4 nitrogen and oxygen atoms in total. The SMILES string of the molecule is Cc1c(NC(=O)CCCCCl)cccc1C(=O)O. The molecule has 1 amide bonds. The maximum Gasteiger partial charge on any atom is 0.336 e. The number of hydrogen-bond acceptors (Lipinski definition) is 2. The number of benzene rings is 1. The molecule has 0 fully saturated rings. The van der Waals surface area contributed by atoms with Gasteiger partial charge >= 0.3 is 5.97 Å². The zero-order valence-corrected chi connectivity index (χ0v) is 11.0. The van der Waals surface area contributed by atoms with Crippen molar-refractivity contribution >= 4 is 29.2 Å². The number of alkyl halides is 1. The standard InChI is InChI=1S/C13H16ClNO3/c1-9-10(13(17)18)5-4-6-11(9)15-12(16)7-2-3-8-14/h4-6H,2-3,7-8H2,1H3,(H,15,16)(H,17,18). The van der Waals surface area contributed by atoms with Crippen LogP contribution in [0.25, 0.3) is 0 Å². The minimum absolute atomic E-state index is 0.120. The fourth-order valence-corrected chi connectivity index (χ4v) is 1.78. The topological polar surface area (TPSA) is 66.4 Å². The van der Waals surface area contributed by atoms with Gasteiger partial charge in [-0.25, -0.2) is 4.79 Å². The summed E-state index contributed by atoms with van der Waals surface area (Å²) in [5, 5.41) is 11.7. The van der Waals surface area contributed by atoms with Gasteiger partial charge in [0, 0.05) is 18.0 Å². The maximum absolute atomic E-state index is 11.6. The van der Waals surface area contributed by atoms with E-state index in [1.165, 1.54) is 6.07 Å². The van der Waals surface area contributed by atoms with Crippen LogP contribution in [0.5, 0.6) is 0 Å². The van der Waals surface area contributed by atoms with E-state index >= 15 is 0 Å². The number of amides is 1. The van der Waals surface area contributed by atoms with E-state index in [-0.39, 0.29) is 11.5 Å². The number of hydrogen-bond donors (Lipinski definition) is 2. The second kappa shape index (κ2) is 7.01. The van der Waals surface area contributed by atoms with Crippen LogP contribution >= 0.6 is 11.6 Å². The third-order valence-electron chi connectivity index (χ3n) is 2.63. The molecular formula is C13H16ClNO3. The normalized spacial score (nSPS) is 10.1. The van der Waals surface area contributed by atoms with Crippen molar-refractivity contribution in [2.75, 3.05) is 11.2 Å². The second-order valence-corrected chi connectivity index (χ2v) is 4.36. The van der Waals surface area contributed by atoms with Crippen molar-refractivity contribution in [3.05, 3.63) is 29.3 Å². The highest BCUT2D eigenvalue weighted by molar-refractivity contribution is 6.17. The molecule has 1 aromatic rings. The first-order valence-electron chi connectivity index (χ1n) is 5.75. The number of carboxylic acids is 1. The minimum atomic E-state index is -0.995. The summed E-state index contributed by atoms with van der Waals surface area (Å²) in [5.74, 6) is -0.572. The fourth-order valence-electron chi connectivity index (χ4n) is 1.60. The van der Waals surface area contributed by atoms with E-state index < -0.39 is 5.97 Å². The van der Waals surface area contributed by atoms with Crippen LogP contribution in [-0.4, -0.2) is 22.9 Å².